The Labute approximate surface area is 115 Å². The third-order valence-corrected chi connectivity index (χ3v) is 3.25. The number of anilines is 1. The van der Waals surface area contributed by atoms with Crippen LogP contribution in [0.5, 0.6) is 0 Å². The topological polar surface area (TPSA) is 29.5 Å². The number of alkyl halides is 3. The van der Waals surface area contributed by atoms with E-state index >= 15 is 0 Å². The molecule has 1 aromatic carbocycles. The van der Waals surface area contributed by atoms with Gasteiger partial charge in [0.15, 0.2) is 6.29 Å². The highest BCUT2D eigenvalue weighted by molar-refractivity contribution is 5.79. The van der Waals surface area contributed by atoms with Crippen LogP contribution in [-0.2, 0) is 10.9 Å². The van der Waals surface area contributed by atoms with Gasteiger partial charge in [-0.05, 0) is 32.0 Å². The first kappa shape index (κ1) is 14.8. The van der Waals surface area contributed by atoms with E-state index in [1.54, 1.807) is 6.07 Å². The second kappa shape index (κ2) is 5.44. The van der Waals surface area contributed by atoms with E-state index in [-0.39, 0.29) is 24.1 Å². The van der Waals surface area contributed by atoms with Crippen molar-refractivity contribution in [2.75, 3.05) is 18.0 Å². The Balaban J connectivity index is 2.36. The summed E-state index contributed by atoms with van der Waals surface area (Å²) in [6.45, 7) is 4.82. The van der Waals surface area contributed by atoms with Gasteiger partial charge in [-0.15, -0.1) is 0 Å². The number of carbonyl (C=O) groups excluding carboxylic acids is 1. The van der Waals surface area contributed by atoms with Crippen LogP contribution in [0.15, 0.2) is 18.2 Å². The highest BCUT2D eigenvalue weighted by Gasteiger charge is 2.34. The fraction of sp³-hybridized carbons (Fsp3) is 0.500. The smallest absolute Gasteiger partial charge is 0.372 e. The molecule has 0 spiro atoms. The molecule has 0 bridgehead atoms. The van der Waals surface area contributed by atoms with Gasteiger partial charge in [0.2, 0.25) is 0 Å². The molecule has 0 amide bonds. The molecule has 1 fully saturated rings. The van der Waals surface area contributed by atoms with Crippen molar-refractivity contribution in [3.8, 4) is 0 Å². The molecule has 1 aromatic rings. The van der Waals surface area contributed by atoms with Gasteiger partial charge in [0.1, 0.15) is 0 Å². The van der Waals surface area contributed by atoms with Crippen molar-refractivity contribution < 1.29 is 22.7 Å². The third-order valence-electron chi connectivity index (χ3n) is 3.25. The SMILES string of the molecule is C[C@@H]1CN(c2ccc(C=O)c(C(F)(F)F)c2)C[C@H](C)O1. The molecular formula is C14H16F3NO2. The third kappa shape index (κ3) is 3.12. The largest absolute Gasteiger partial charge is 0.417 e. The van der Waals surface area contributed by atoms with Crippen molar-refractivity contribution in [3.63, 3.8) is 0 Å². The first-order chi connectivity index (χ1) is 9.31. The zero-order valence-electron chi connectivity index (χ0n) is 11.3. The number of halogens is 3. The van der Waals surface area contributed by atoms with Gasteiger partial charge < -0.3 is 9.64 Å². The van der Waals surface area contributed by atoms with E-state index in [0.717, 1.165) is 6.07 Å². The number of carbonyl (C=O) groups is 1. The second-order valence-electron chi connectivity index (χ2n) is 5.05. The van der Waals surface area contributed by atoms with Gasteiger partial charge in [-0.25, -0.2) is 0 Å². The number of hydrogen-bond donors (Lipinski definition) is 0. The van der Waals surface area contributed by atoms with Gasteiger partial charge in [0.05, 0.1) is 17.8 Å². The monoisotopic (exact) mass is 287 g/mol. The molecule has 1 aliphatic rings. The molecule has 1 saturated heterocycles. The lowest BCUT2D eigenvalue weighted by Crippen LogP contribution is -2.45. The second-order valence-corrected chi connectivity index (χ2v) is 5.05. The summed E-state index contributed by atoms with van der Waals surface area (Å²) in [6, 6.07) is 3.80. The van der Waals surface area contributed by atoms with Crippen LogP contribution in [-0.4, -0.2) is 31.6 Å². The lowest BCUT2D eigenvalue weighted by molar-refractivity contribution is -0.137. The maximum absolute atomic E-state index is 12.9. The van der Waals surface area contributed by atoms with Crippen molar-refractivity contribution in [3.05, 3.63) is 29.3 Å². The van der Waals surface area contributed by atoms with Crippen LogP contribution in [0, 0.1) is 0 Å². The predicted molar refractivity (Wildman–Crippen MR) is 69.1 cm³/mol. The first-order valence-electron chi connectivity index (χ1n) is 6.38. The van der Waals surface area contributed by atoms with Gasteiger partial charge in [-0.2, -0.15) is 13.2 Å². The summed E-state index contributed by atoms with van der Waals surface area (Å²) < 4.78 is 44.4. The van der Waals surface area contributed by atoms with Crippen LogP contribution < -0.4 is 4.90 Å². The minimum absolute atomic E-state index is 0.0427. The van der Waals surface area contributed by atoms with Crippen LogP contribution in [0.4, 0.5) is 18.9 Å². The zero-order chi connectivity index (χ0) is 14.9. The van der Waals surface area contributed by atoms with Crippen molar-refractivity contribution >= 4 is 12.0 Å². The Hall–Kier alpha value is -1.56. The molecule has 2 atom stereocenters. The molecule has 110 valence electrons. The Morgan fingerprint density at radius 1 is 1.25 bits per heavy atom. The summed E-state index contributed by atoms with van der Waals surface area (Å²) in [5.41, 5.74) is -0.766. The zero-order valence-corrected chi connectivity index (χ0v) is 11.3. The fourth-order valence-electron chi connectivity index (χ4n) is 2.48. The van der Waals surface area contributed by atoms with Gasteiger partial charge >= 0.3 is 6.18 Å². The fourth-order valence-corrected chi connectivity index (χ4v) is 2.48. The van der Waals surface area contributed by atoms with Crippen molar-refractivity contribution in [1.82, 2.24) is 0 Å². The quantitative estimate of drug-likeness (QED) is 0.783. The average molecular weight is 287 g/mol. The molecule has 0 aliphatic carbocycles. The number of ether oxygens (including phenoxy) is 1. The van der Waals surface area contributed by atoms with E-state index in [4.69, 9.17) is 4.74 Å². The Morgan fingerprint density at radius 2 is 1.85 bits per heavy atom. The Morgan fingerprint density at radius 3 is 2.35 bits per heavy atom. The minimum atomic E-state index is -4.53. The molecule has 1 aliphatic heterocycles. The summed E-state index contributed by atoms with van der Waals surface area (Å²) in [7, 11) is 0. The number of rotatable bonds is 2. The predicted octanol–water partition coefficient (Wildman–Crippen LogP) is 3.13. The molecule has 3 nitrogen and oxygen atoms in total. The molecule has 1 heterocycles. The van der Waals surface area contributed by atoms with Crippen LogP contribution in [0.2, 0.25) is 0 Å². The van der Waals surface area contributed by atoms with Crippen molar-refractivity contribution in [2.45, 2.75) is 32.2 Å². The van der Waals surface area contributed by atoms with Crippen molar-refractivity contribution in [2.24, 2.45) is 0 Å². The standard InChI is InChI=1S/C14H16F3NO2/c1-9-6-18(7-10(2)20-9)12-4-3-11(8-19)13(5-12)14(15,16)17/h3-5,8-10H,6-7H2,1-2H3/t9-,10+. The number of hydrogen-bond acceptors (Lipinski definition) is 3. The average Bonchev–Trinajstić information content (AvgIpc) is 2.35. The Kier molecular flexibility index (Phi) is 4.04. The number of nitrogens with zero attached hydrogens (tertiary/aromatic N) is 1. The molecule has 20 heavy (non-hydrogen) atoms. The molecule has 0 unspecified atom stereocenters. The van der Waals surface area contributed by atoms with Gasteiger partial charge in [0.25, 0.3) is 0 Å². The van der Waals surface area contributed by atoms with E-state index in [1.807, 2.05) is 18.7 Å². The van der Waals surface area contributed by atoms with E-state index in [9.17, 15) is 18.0 Å². The molecule has 0 aromatic heterocycles. The number of benzene rings is 1. The van der Waals surface area contributed by atoms with E-state index in [0.29, 0.717) is 18.8 Å². The molecule has 0 saturated carbocycles. The van der Waals surface area contributed by atoms with E-state index in [1.165, 1.54) is 6.07 Å². The van der Waals surface area contributed by atoms with Crippen LogP contribution in [0.3, 0.4) is 0 Å². The highest BCUT2D eigenvalue weighted by atomic mass is 19.4. The van der Waals surface area contributed by atoms with E-state index < -0.39 is 11.7 Å². The van der Waals surface area contributed by atoms with Gasteiger partial charge in [0, 0.05) is 24.3 Å². The lowest BCUT2D eigenvalue weighted by atomic mass is 10.1. The van der Waals surface area contributed by atoms with Crippen LogP contribution in [0.25, 0.3) is 0 Å². The normalized spacial score (nSPS) is 23.8. The maximum atomic E-state index is 12.9. The summed E-state index contributed by atoms with van der Waals surface area (Å²) in [6.07, 6.45) is -4.38. The Bertz CT molecular complexity index is 492. The molecule has 2 rings (SSSR count). The molecule has 0 N–H and O–H groups in total. The summed E-state index contributed by atoms with van der Waals surface area (Å²) in [5.74, 6) is 0. The first-order valence-corrected chi connectivity index (χ1v) is 6.38. The summed E-state index contributed by atoms with van der Waals surface area (Å²) in [5, 5.41) is 0. The minimum Gasteiger partial charge on any atom is -0.372 e. The van der Waals surface area contributed by atoms with Gasteiger partial charge in [-0.1, -0.05) is 0 Å². The molecule has 0 radical (unpaired) electrons. The summed E-state index contributed by atoms with van der Waals surface area (Å²) in [4.78, 5) is 12.6. The van der Waals surface area contributed by atoms with Crippen LogP contribution >= 0.6 is 0 Å². The van der Waals surface area contributed by atoms with Crippen LogP contribution in [0.1, 0.15) is 29.8 Å². The summed E-state index contributed by atoms with van der Waals surface area (Å²) >= 11 is 0. The maximum Gasteiger partial charge on any atom is 0.417 e. The molecular weight excluding hydrogens is 271 g/mol. The highest BCUT2D eigenvalue weighted by Crippen LogP contribution is 2.34. The number of morpholine rings is 1. The van der Waals surface area contributed by atoms with Crippen molar-refractivity contribution in [1.29, 1.82) is 0 Å². The van der Waals surface area contributed by atoms with E-state index in [2.05, 4.69) is 0 Å². The van der Waals surface area contributed by atoms with Gasteiger partial charge in [-0.3, -0.25) is 4.79 Å². The number of aldehydes is 1. The lowest BCUT2D eigenvalue weighted by Gasteiger charge is -2.37. The molecule has 6 heteroatoms.